The SMILES string of the molecule is CC[C@@H](C)NC(=O)[C@H](C)N(Cc1cccc(C)c1)C(=O)CN(c1ccccc1F)S(=O)(=O)N(C)C. The molecular weight excluding hydrogens is 471 g/mol. The standard InChI is InChI=1S/C25H35FN4O4S/c1-7-19(3)27-25(32)20(4)29(16-21-12-10-11-18(2)15-21)24(31)17-30(35(33,34)28(5)6)23-14-9-8-13-22(23)26/h8-15,19-20H,7,16-17H2,1-6H3,(H,27,32)/t19-,20+/m1/s1. The summed E-state index contributed by atoms with van der Waals surface area (Å²) in [4.78, 5) is 27.8. The van der Waals surface area contributed by atoms with Crippen molar-refractivity contribution in [3.05, 3.63) is 65.5 Å². The van der Waals surface area contributed by atoms with Crippen molar-refractivity contribution in [3.63, 3.8) is 0 Å². The van der Waals surface area contributed by atoms with Gasteiger partial charge < -0.3 is 10.2 Å². The van der Waals surface area contributed by atoms with Gasteiger partial charge in [0, 0.05) is 26.7 Å². The zero-order chi connectivity index (χ0) is 26.3. The minimum Gasteiger partial charge on any atom is -0.352 e. The minimum absolute atomic E-state index is 0.0860. The molecule has 2 amide bonds. The molecule has 0 unspecified atom stereocenters. The molecule has 35 heavy (non-hydrogen) atoms. The average Bonchev–Trinajstić information content (AvgIpc) is 2.80. The number of halogens is 1. The van der Waals surface area contributed by atoms with Crippen LogP contribution in [0.4, 0.5) is 10.1 Å². The number of carbonyl (C=O) groups is 2. The Morgan fingerprint density at radius 2 is 1.71 bits per heavy atom. The normalized spacial score (nSPS) is 13.3. The van der Waals surface area contributed by atoms with Crippen LogP contribution in [0.1, 0.15) is 38.3 Å². The molecule has 2 atom stereocenters. The molecule has 0 aliphatic rings. The highest BCUT2D eigenvalue weighted by molar-refractivity contribution is 7.90. The van der Waals surface area contributed by atoms with Gasteiger partial charge in [0.1, 0.15) is 18.4 Å². The summed E-state index contributed by atoms with van der Waals surface area (Å²) in [5, 5.41) is 2.87. The molecule has 0 heterocycles. The molecule has 0 bridgehead atoms. The predicted molar refractivity (Wildman–Crippen MR) is 135 cm³/mol. The van der Waals surface area contributed by atoms with Crippen LogP contribution in [-0.2, 0) is 26.3 Å². The summed E-state index contributed by atoms with van der Waals surface area (Å²) in [5.41, 5.74) is 1.52. The van der Waals surface area contributed by atoms with Crippen molar-refractivity contribution >= 4 is 27.7 Å². The fourth-order valence-electron chi connectivity index (χ4n) is 3.41. The number of hydrogen-bond acceptors (Lipinski definition) is 4. The van der Waals surface area contributed by atoms with Crippen LogP contribution in [0.15, 0.2) is 48.5 Å². The van der Waals surface area contributed by atoms with E-state index in [1.54, 1.807) is 6.92 Å². The second kappa shape index (κ2) is 12.1. The molecule has 2 rings (SSSR count). The summed E-state index contributed by atoms with van der Waals surface area (Å²) in [6, 6.07) is 11.9. The lowest BCUT2D eigenvalue weighted by Crippen LogP contribution is -2.53. The first-order valence-electron chi connectivity index (χ1n) is 11.5. The first-order valence-corrected chi connectivity index (χ1v) is 12.9. The lowest BCUT2D eigenvalue weighted by molar-refractivity contribution is -0.139. The molecule has 0 aliphatic heterocycles. The zero-order valence-corrected chi connectivity index (χ0v) is 22.0. The topological polar surface area (TPSA) is 90.0 Å². The van der Waals surface area contributed by atoms with Gasteiger partial charge in [-0.15, -0.1) is 0 Å². The number of carbonyl (C=O) groups excluding carboxylic acids is 2. The third-order valence-electron chi connectivity index (χ3n) is 5.74. The molecule has 192 valence electrons. The Kier molecular flexibility index (Phi) is 9.79. The first-order chi connectivity index (χ1) is 16.4. The number of amides is 2. The van der Waals surface area contributed by atoms with Gasteiger partial charge in [-0.2, -0.15) is 12.7 Å². The Morgan fingerprint density at radius 1 is 1.06 bits per heavy atom. The van der Waals surface area contributed by atoms with Crippen LogP contribution in [0.2, 0.25) is 0 Å². The smallest absolute Gasteiger partial charge is 0.304 e. The molecule has 0 fully saturated rings. The molecular formula is C25H35FN4O4S. The van der Waals surface area contributed by atoms with Gasteiger partial charge >= 0.3 is 10.2 Å². The monoisotopic (exact) mass is 506 g/mol. The van der Waals surface area contributed by atoms with E-state index in [4.69, 9.17) is 0 Å². The van der Waals surface area contributed by atoms with Gasteiger partial charge in [-0.25, -0.2) is 8.70 Å². The van der Waals surface area contributed by atoms with Crippen molar-refractivity contribution in [1.29, 1.82) is 0 Å². The van der Waals surface area contributed by atoms with E-state index >= 15 is 0 Å². The molecule has 0 saturated carbocycles. The van der Waals surface area contributed by atoms with Crippen molar-refractivity contribution in [1.82, 2.24) is 14.5 Å². The maximum atomic E-state index is 14.6. The van der Waals surface area contributed by atoms with E-state index in [-0.39, 0.29) is 24.2 Å². The number of rotatable bonds is 11. The van der Waals surface area contributed by atoms with Gasteiger partial charge in [0.2, 0.25) is 11.8 Å². The van der Waals surface area contributed by atoms with Crippen LogP contribution in [0.25, 0.3) is 0 Å². The second-order valence-electron chi connectivity index (χ2n) is 8.75. The zero-order valence-electron chi connectivity index (χ0n) is 21.2. The van der Waals surface area contributed by atoms with Crippen LogP contribution in [0.3, 0.4) is 0 Å². The van der Waals surface area contributed by atoms with Crippen LogP contribution in [0.5, 0.6) is 0 Å². The highest BCUT2D eigenvalue weighted by Crippen LogP contribution is 2.24. The summed E-state index contributed by atoms with van der Waals surface area (Å²) < 4.78 is 42.4. The maximum Gasteiger partial charge on any atom is 0.304 e. The quantitative estimate of drug-likeness (QED) is 0.507. The van der Waals surface area contributed by atoms with Crippen LogP contribution < -0.4 is 9.62 Å². The Balaban J connectivity index is 2.47. The highest BCUT2D eigenvalue weighted by Gasteiger charge is 2.33. The van der Waals surface area contributed by atoms with Crippen molar-refractivity contribution in [3.8, 4) is 0 Å². The van der Waals surface area contributed by atoms with Gasteiger partial charge in [0.05, 0.1) is 5.69 Å². The Labute approximate surface area is 207 Å². The van der Waals surface area contributed by atoms with E-state index in [9.17, 15) is 22.4 Å². The third-order valence-corrected chi connectivity index (χ3v) is 7.55. The largest absolute Gasteiger partial charge is 0.352 e. The average molecular weight is 507 g/mol. The van der Waals surface area contributed by atoms with E-state index in [0.717, 1.165) is 25.8 Å². The number of nitrogens with one attached hydrogen (secondary N) is 1. The number of para-hydroxylation sites is 1. The summed E-state index contributed by atoms with van der Waals surface area (Å²) in [5.74, 6) is -1.77. The van der Waals surface area contributed by atoms with Gasteiger partial charge in [0.15, 0.2) is 0 Å². The van der Waals surface area contributed by atoms with E-state index in [2.05, 4.69) is 5.32 Å². The number of aryl methyl sites for hydroxylation is 1. The summed E-state index contributed by atoms with van der Waals surface area (Å²) in [7, 11) is -1.60. The van der Waals surface area contributed by atoms with Crippen LogP contribution in [0, 0.1) is 12.7 Å². The predicted octanol–water partition coefficient (Wildman–Crippen LogP) is 3.08. The summed E-state index contributed by atoms with van der Waals surface area (Å²) >= 11 is 0. The molecule has 0 spiro atoms. The fourth-order valence-corrected chi connectivity index (χ4v) is 4.48. The second-order valence-corrected chi connectivity index (χ2v) is 10.8. The number of nitrogens with zero attached hydrogens (tertiary/aromatic N) is 3. The van der Waals surface area contributed by atoms with E-state index < -0.39 is 34.5 Å². The van der Waals surface area contributed by atoms with E-state index in [1.165, 1.54) is 37.2 Å². The van der Waals surface area contributed by atoms with Crippen molar-refractivity contribution in [2.75, 3.05) is 24.9 Å². The van der Waals surface area contributed by atoms with Crippen molar-refractivity contribution < 1.29 is 22.4 Å². The third kappa shape index (κ3) is 7.25. The lowest BCUT2D eigenvalue weighted by atomic mass is 10.1. The highest BCUT2D eigenvalue weighted by atomic mass is 32.2. The lowest BCUT2D eigenvalue weighted by Gasteiger charge is -2.33. The minimum atomic E-state index is -4.21. The van der Waals surface area contributed by atoms with Crippen molar-refractivity contribution in [2.45, 2.75) is 52.7 Å². The molecule has 0 aliphatic carbocycles. The molecule has 0 saturated heterocycles. The van der Waals surface area contributed by atoms with Gasteiger partial charge in [-0.1, -0.05) is 48.9 Å². The molecule has 10 heteroatoms. The molecule has 0 radical (unpaired) electrons. The Hall–Kier alpha value is -2.98. The Bertz CT molecular complexity index is 1140. The molecule has 1 N–H and O–H groups in total. The number of hydrogen-bond donors (Lipinski definition) is 1. The van der Waals surface area contributed by atoms with Crippen molar-refractivity contribution in [2.24, 2.45) is 0 Å². The fraction of sp³-hybridized carbons (Fsp3) is 0.440. The molecule has 8 nitrogen and oxygen atoms in total. The van der Waals surface area contributed by atoms with Gasteiger partial charge in [0.25, 0.3) is 0 Å². The maximum absolute atomic E-state index is 14.6. The molecule has 0 aromatic heterocycles. The van der Waals surface area contributed by atoms with E-state index in [1.807, 2.05) is 45.0 Å². The van der Waals surface area contributed by atoms with Crippen LogP contribution >= 0.6 is 0 Å². The first kappa shape index (κ1) is 28.3. The number of anilines is 1. The summed E-state index contributed by atoms with van der Waals surface area (Å²) in [6.45, 7) is 6.72. The summed E-state index contributed by atoms with van der Waals surface area (Å²) in [6.07, 6.45) is 0.715. The van der Waals surface area contributed by atoms with E-state index in [0.29, 0.717) is 6.42 Å². The molecule has 2 aromatic carbocycles. The molecule has 2 aromatic rings. The Morgan fingerprint density at radius 3 is 2.29 bits per heavy atom. The number of benzene rings is 2. The van der Waals surface area contributed by atoms with Gasteiger partial charge in [-0.05, 0) is 44.9 Å². The van der Waals surface area contributed by atoms with Gasteiger partial charge in [-0.3, -0.25) is 9.59 Å². The van der Waals surface area contributed by atoms with Crippen LogP contribution in [-0.4, -0.2) is 62.2 Å².